The lowest BCUT2D eigenvalue weighted by Crippen LogP contribution is -2.44. The van der Waals surface area contributed by atoms with Crippen LogP contribution in [0.25, 0.3) is 0 Å². The number of piperidine rings is 1. The number of hydrogen-bond donors (Lipinski definition) is 1. The minimum absolute atomic E-state index is 0.00808. The van der Waals surface area contributed by atoms with Crippen LogP contribution in [0.4, 0.5) is 0 Å². The Kier molecular flexibility index (Phi) is 8.15. The van der Waals surface area contributed by atoms with Gasteiger partial charge in [0, 0.05) is 31.1 Å². The van der Waals surface area contributed by atoms with E-state index in [2.05, 4.69) is 17.4 Å². The summed E-state index contributed by atoms with van der Waals surface area (Å²) in [5.41, 5.74) is 1.25. The Bertz CT molecular complexity index is 1000. The zero-order chi connectivity index (χ0) is 23.1. The van der Waals surface area contributed by atoms with Crippen molar-refractivity contribution in [3.8, 4) is 11.5 Å². The third-order valence-corrected chi connectivity index (χ3v) is 7.81. The van der Waals surface area contributed by atoms with E-state index in [4.69, 9.17) is 9.47 Å². The smallest absolute Gasteiger partial charge is 0.243 e. The first-order valence-electron chi connectivity index (χ1n) is 10.9. The van der Waals surface area contributed by atoms with Gasteiger partial charge in [-0.1, -0.05) is 30.3 Å². The molecule has 2 aromatic carbocycles. The van der Waals surface area contributed by atoms with Crippen LogP contribution in [-0.4, -0.2) is 52.0 Å². The minimum Gasteiger partial charge on any atom is -0.493 e. The topological polar surface area (TPSA) is 84.9 Å². The molecule has 2 aromatic rings. The molecule has 1 saturated heterocycles. The van der Waals surface area contributed by atoms with Crippen molar-refractivity contribution in [2.75, 3.05) is 27.3 Å². The van der Waals surface area contributed by atoms with Gasteiger partial charge in [-0.25, -0.2) is 8.42 Å². The van der Waals surface area contributed by atoms with Gasteiger partial charge >= 0.3 is 0 Å². The molecule has 1 N–H and O–H groups in total. The van der Waals surface area contributed by atoms with Crippen molar-refractivity contribution < 1.29 is 22.7 Å². The van der Waals surface area contributed by atoms with Gasteiger partial charge in [0.2, 0.25) is 15.9 Å². The summed E-state index contributed by atoms with van der Waals surface area (Å²) in [6, 6.07) is 14.8. The number of nitrogens with zero attached hydrogens (tertiary/aromatic N) is 1. The second kappa shape index (κ2) is 10.8. The molecule has 0 bridgehead atoms. The molecule has 1 heterocycles. The number of methoxy groups -OCH3 is 2. The van der Waals surface area contributed by atoms with Gasteiger partial charge in [-0.2, -0.15) is 4.31 Å². The summed E-state index contributed by atoms with van der Waals surface area (Å²) in [7, 11) is -0.689. The number of nitrogens with one attached hydrogen (secondary N) is 1. The van der Waals surface area contributed by atoms with Crippen LogP contribution in [0.2, 0.25) is 0 Å². The molecule has 0 saturated carbocycles. The number of amides is 1. The minimum atomic E-state index is -3.66. The van der Waals surface area contributed by atoms with E-state index in [0.717, 1.165) is 12.8 Å². The van der Waals surface area contributed by atoms with E-state index in [1.165, 1.54) is 36.2 Å². The molecule has 1 fully saturated rings. The maximum Gasteiger partial charge on any atom is 0.243 e. The maximum atomic E-state index is 13.1. The molecular formula is C24H32N2O5S. The highest BCUT2D eigenvalue weighted by atomic mass is 32.2. The van der Waals surface area contributed by atoms with E-state index < -0.39 is 10.0 Å². The van der Waals surface area contributed by atoms with Gasteiger partial charge in [0.1, 0.15) is 0 Å². The fraction of sp³-hybridized carbons (Fsp3) is 0.458. The number of sulfonamides is 1. The van der Waals surface area contributed by atoms with E-state index in [-0.39, 0.29) is 22.8 Å². The first kappa shape index (κ1) is 24.1. The number of carbonyl (C=O) groups is 1. The third kappa shape index (κ3) is 5.81. The van der Waals surface area contributed by atoms with Crippen LogP contribution in [0.1, 0.15) is 31.7 Å². The summed E-state index contributed by atoms with van der Waals surface area (Å²) in [4.78, 5) is 12.9. The SMILES string of the molecule is COc1ccc(S(=O)(=O)N2CCC(C(=O)N[C@H](C)CCc3ccccc3)CC2)cc1OC. The number of rotatable bonds is 9. The van der Waals surface area contributed by atoms with Gasteiger partial charge in [-0.3, -0.25) is 4.79 Å². The predicted octanol–water partition coefficient (Wildman–Crippen LogP) is 3.24. The zero-order valence-electron chi connectivity index (χ0n) is 18.9. The molecule has 0 radical (unpaired) electrons. The van der Waals surface area contributed by atoms with Crippen molar-refractivity contribution in [3.63, 3.8) is 0 Å². The van der Waals surface area contributed by atoms with Gasteiger partial charge < -0.3 is 14.8 Å². The first-order chi connectivity index (χ1) is 15.3. The maximum absolute atomic E-state index is 13.1. The molecule has 3 rings (SSSR count). The standard InChI is InChI=1S/C24H32N2O5S/c1-18(9-10-19-7-5-4-6-8-19)25-24(27)20-13-15-26(16-14-20)32(28,29)21-11-12-22(30-2)23(17-21)31-3/h4-8,11-12,17-18,20H,9-10,13-16H2,1-3H3,(H,25,27)/t18-/m1/s1. The van der Waals surface area contributed by atoms with Crippen LogP contribution in [0, 0.1) is 5.92 Å². The largest absolute Gasteiger partial charge is 0.493 e. The highest BCUT2D eigenvalue weighted by Crippen LogP contribution is 2.32. The second-order valence-electron chi connectivity index (χ2n) is 8.13. The van der Waals surface area contributed by atoms with Gasteiger partial charge in [-0.05, 0) is 50.3 Å². The number of benzene rings is 2. The number of ether oxygens (including phenoxy) is 2. The fourth-order valence-corrected chi connectivity index (χ4v) is 5.43. The average Bonchev–Trinajstić information content (AvgIpc) is 2.83. The Morgan fingerprint density at radius 3 is 2.34 bits per heavy atom. The molecule has 0 aromatic heterocycles. The Balaban J connectivity index is 1.53. The molecule has 32 heavy (non-hydrogen) atoms. The molecule has 1 amide bonds. The number of carbonyl (C=O) groups excluding carboxylic acids is 1. The average molecular weight is 461 g/mol. The van der Waals surface area contributed by atoms with E-state index >= 15 is 0 Å². The van der Waals surface area contributed by atoms with E-state index in [1.807, 2.05) is 25.1 Å². The van der Waals surface area contributed by atoms with Crippen molar-refractivity contribution in [1.29, 1.82) is 0 Å². The number of aryl methyl sites for hydroxylation is 1. The molecule has 1 aliphatic heterocycles. The van der Waals surface area contributed by atoms with E-state index in [9.17, 15) is 13.2 Å². The van der Waals surface area contributed by atoms with Crippen LogP contribution in [0.3, 0.4) is 0 Å². The van der Waals surface area contributed by atoms with Crippen LogP contribution < -0.4 is 14.8 Å². The van der Waals surface area contributed by atoms with Crippen LogP contribution >= 0.6 is 0 Å². The molecule has 1 atom stereocenters. The molecule has 0 aliphatic carbocycles. The van der Waals surface area contributed by atoms with Gasteiger partial charge in [-0.15, -0.1) is 0 Å². The summed E-state index contributed by atoms with van der Waals surface area (Å²) < 4.78 is 38.0. The Hall–Kier alpha value is -2.58. The quantitative estimate of drug-likeness (QED) is 0.621. The summed E-state index contributed by atoms with van der Waals surface area (Å²) >= 11 is 0. The van der Waals surface area contributed by atoms with Crippen molar-refractivity contribution >= 4 is 15.9 Å². The lowest BCUT2D eigenvalue weighted by atomic mass is 9.96. The van der Waals surface area contributed by atoms with E-state index in [1.54, 1.807) is 6.07 Å². The molecule has 174 valence electrons. The lowest BCUT2D eigenvalue weighted by molar-refractivity contribution is -0.126. The summed E-state index contributed by atoms with van der Waals surface area (Å²) in [6.07, 6.45) is 2.78. The third-order valence-electron chi connectivity index (χ3n) is 5.92. The molecular weight excluding hydrogens is 428 g/mol. The normalized spacial score (nSPS) is 16.3. The zero-order valence-corrected chi connectivity index (χ0v) is 19.7. The second-order valence-corrected chi connectivity index (χ2v) is 10.1. The van der Waals surface area contributed by atoms with Crippen LogP contribution in [-0.2, 0) is 21.2 Å². The number of hydrogen-bond acceptors (Lipinski definition) is 5. The van der Waals surface area contributed by atoms with Gasteiger partial charge in [0.25, 0.3) is 0 Å². The van der Waals surface area contributed by atoms with Crippen LogP contribution in [0.15, 0.2) is 53.4 Å². The highest BCUT2D eigenvalue weighted by molar-refractivity contribution is 7.89. The lowest BCUT2D eigenvalue weighted by Gasteiger charge is -2.31. The molecule has 8 heteroatoms. The first-order valence-corrected chi connectivity index (χ1v) is 12.4. The molecule has 1 aliphatic rings. The summed E-state index contributed by atoms with van der Waals surface area (Å²) in [6.45, 7) is 2.64. The monoisotopic (exact) mass is 460 g/mol. The molecule has 0 spiro atoms. The van der Waals surface area contributed by atoms with Crippen molar-refractivity contribution in [1.82, 2.24) is 9.62 Å². The summed E-state index contributed by atoms with van der Waals surface area (Å²) in [5, 5.41) is 3.10. The fourth-order valence-electron chi connectivity index (χ4n) is 3.95. The van der Waals surface area contributed by atoms with Crippen molar-refractivity contribution in [2.24, 2.45) is 5.92 Å². The van der Waals surface area contributed by atoms with E-state index in [0.29, 0.717) is 37.4 Å². The Morgan fingerprint density at radius 1 is 1.06 bits per heavy atom. The van der Waals surface area contributed by atoms with Gasteiger partial charge in [0.05, 0.1) is 19.1 Å². The molecule has 0 unspecified atom stereocenters. The Morgan fingerprint density at radius 2 is 1.72 bits per heavy atom. The summed E-state index contributed by atoms with van der Waals surface area (Å²) in [5.74, 6) is 0.676. The Labute approximate surface area is 190 Å². The molecule has 7 nitrogen and oxygen atoms in total. The highest BCUT2D eigenvalue weighted by Gasteiger charge is 2.32. The predicted molar refractivity (Wildman–Crippen MR) is 123 cm³/mol. The van der Waals surface area contributed by atoms with Crippen molar-refractivity contribution in [3.05, 3.63) is 54.1 Å². The van der Waals surface area contributed by atoms with Gasteiger partial charge in [0.15, 0.2) is 11.5 Å². The van der Waals surface area contributed by atoms with Crippen molar-refractivity contribution in [2.45, 2.75) is 43.5 Å². The van der Waals surface area contributed by atoms with Crippen LogP contribution in [0.5, 0.6) is 11.5 Å².